The molecule has 1 fully saturated rings. The number of fused-ring (bicyclic) bond motifs is 2. The minimum Gasteiger partial charge on any atom is -0.491 e. The number of amides is 1. The van der Waals surface area contributed by atoms with Crippen LogP contribution in [0.25, 0.3) is 11.1 Å². The van der Waals surface area contributed by atoms with E-state index in [4.69, 9.17) is 10.1 Å². The van der Waals surface area contributed by atoms with Crippen LogP contribution < -0.4 is 10.1 Å². The molecule has 2 N–H and O–H groups in total. The van der Waals surface area contributed by atoms with Crippen molar-refractivity contribution in [3.63, 3.8) is 0 Å². The molecule has 0 saturated carbocycles. The predicted octanol–water partition coefficient (Wildman–Crippen LogP) is 5.41. The SMILES string of the molecule is C[C@H]1CCCN1C1(C)CCc2ccc(-c3cncc(C(=N)c4ccc5c(c4)OCCNC5=O)c3)cc2CC1. The normalized spacial score (nSPS) is 23.4. The summed E-state index contributed by atoms with van der Waals surface area (Å²) in [7, 11) is 0. The third-order valence-corrected chi connectivity index (χ3v) is 8.84. The first kappa shape index (κ1) is 24.8. The third kappa shape index (κ3) is 4.62. The Morgan fingerprint density at radius 3 is 2.71 bits per heavy atom. The first-order valence-electron chi connectivity index (χ1n) is 13.9. The summed E-state index contributed by atoms with van der Waals surface area (Å²) in [5, 5.41) is 11.7. The minimum atomic E-state index is -0.141. The second kappa shape index (κ2) is 9.99. The average molecular weight is 509 g/mol. The summed E-state index contributed by atoms with van der Waals surface area (Å²) in [6.45, 7) is 6.99. The number of rotatable bonds is 4. The van der Waals surface area contributed by atoms with Crippen LogP contribution in [0.1, 0.15) is 72.1 Å². The number of nitrogens with one attached hydrogen (secondary N) is 2. The average Bonchev–Trinajstić information content (AvgIpc) is 3.20. The van der Waals surface area contributed by atoms with Gasteiger partial charge in [-0.1, -0.05) is 24.3 Å². The van der Waals surface area contributed by atoms with E-state index in [0.717, 1.165) is 29.5 Å². The highest BCUT2D eigenvalue weighted by molar-refractivity contribution is 6.12. The molecule has 3 aliphatic rings. The van der Waals surface area contributed by atoms with Crippen molar-refractivity contribution >= 4 is 11.6 Å². The Bertz CT molecular complexity index is 1400. The number of ether oxygens (including phenoxy) is 1. The lowest BCUT2D eigenvalue weighted by atomic mass is 9.89. The van der Waals surface area contributed by atoms with Crippen molar-refractivity contribution in [2.24, 2.45) is 0 Å². The third-order valence-electron chi connectivity index (χ3n) is 8.84. The van der Waals surface area contributed by atoms with Gasteiger partial charge in [0.25, 0.3) is 5.91 Å². The van der Waals surface area contributed by atoms with Crippen LogP contribution in [0.3, 0.4) is 0 Å². The highest BCUT2D eigenvalue weighted by atomic mass is 16.5. The Kier molecular flexibility index (Phi) is 6.52. The van der Waals surface area contributed by atoms with Crippen molar-refractivity contribution in [3.8, 4) is 16.9 Å². The first-order valence-corrected chi connectivity index (χ1v) is 13.9. The van der Waals surface area contributed by atoms with E-state index >= 15 is 0 Å². The molecule has 0 bridgehead atoms. The number of pyridine rings is 1. The molecule has 38 heavy (non-hydrogen) atoms. The molecular weight excluding hydrogens is 472 g/mol. The number of benzene rings is 2. The number of likely N-dealkylation sites (tertiary alicyclic amines) is 1. The van der Waals surface area contributed by atoms with Gasteiger partial charge in [-0.05, 0) is 93.8 Å². The van der Waals surface area contributed by atoms with E-state index in [-0.39, 0.29) is 11.4 Å². The Morgan fingerprint density at radius 1 is 1.05 bits per heavy atom. The Morgan fingerprint density at radius 2 is 1.89 bits per heavy atom. The number of hydrogen-bond acceptors (Lipinski definition) is 5. The molecule has 3 heterocycles. The summed E-state index contributed by atoms with van der Waals surface area (Å²) in [6.07, 6.45) is 10.9. The summed E-state index contributed by atoms with van der Waals surface area (Å²) in [5.74, 6) is 0.380. The van der Waals surface area contributed by atoms with Gasteiger partial charge in [-0.2, -0.15) is 0 Å². The second-order valence-corrected chi connectivity index (χ2v) is 11.3. The van der Waals surface area contributed by atoms with Gasteiger partial charge in [0, 0.05) is 40.7 Å². The predicted molar refractivity (Wildman–Crippen MR) is 150 cm³/mol. The van der Waals surface area contributed by atoms with E-state index < -0.39 is 0 Å². The molecule has 1 aliphatic carbocycles. The van der Waals surface area contributed by atoms with E-state index in [9.17, 15) is 4.79 Å². The van der Waals surface area contributed by atoms with Gasteiger partial charge in [0.1, 0.15) is 12.4 Å². The maximum atomic E-state index is 12.2. The zero-order chi connectivity index (χ0) is 26.3. The summed E-state index contributed by atoms with van der Waals surface area (Å²) < 4.78 is 5.76. The van der Waals surface area contributed by atoms with Gasteiger partial charge in [-0.15, -0.1) is 0 Å². The van der Waals surface area contributed by atoms with Gasteiger partial charge in [0.05, 0.1) is 17.8 Å². The van der Waals surface area contributed by atoms with Crippen LogP contribution in [0.15, 0.2) is 54.9 Å². The molecular formula is C32H36N4O2. The molecule has 1 saturated heterocycles. The van der Waals surface area contributed by atoms with E-state index in [1.807, 2.05) is 18.3 Å². The summed E-state index contributed by atoms with van der Waals surface area (Å²) in [5.41, 5.74) is 7.65. The van der Waals surface area contributed by atoms with Crippen molar-refractivity contribution in [2.45, 2.75) is 64.0 Å². The monoisotopic (exact) mass is 508 g/mol. The summed E-state index contributed by atoms with van der Waals surface area (Å²) in [6, 6.07) is 14.9. The lowest BCUT2D eigenvalue weighted by Crippen LogP contribution is -2.48. The number of carbonyl (C=O) groups excluding carboxylic acids is 1. The molecule has 2 atom stereocenters. The highest BCUT2D eigenvalue weighted by Crippen LogP contribution is 2.38. The molecule has 0 spiro atoms. The summed E-state index contributed by atoms with van der Waals surface area (Å²) in [4.78, 5) is 19.5. The first-order chi connectivity index (χ1) is 18.4. The van der Waals surface area contributed by atoms with Crippen LogP contribution in [0.4, 0.5) is 0 Å². The van der Waals surface area contributed by atoms with Crippen molar-refractivity contribution < 1.29 is 9.53 Å². The quantitative estimate of drug-likeness (QED) is 0.365. The Balaban J connectivity index is 1.24. The largest absolute Gasteiger partial charge is 0.491 e. The Hall–Kier alpha value is -3.51. The van der Waals surface area contributed by atoms with Crippen molar-refractivity contribution in [3.05, 3.63) is 82.7 Å². The standard InChI is InChI=1S/C32H36N4O2/c1-21-4-3-14-36(21)32(2)11-9-22-5-6-23(16-24(22)10-12-32)26-17-27(20-34-19-26)30(33)25-7-8-28-29(18-25)38-15-13-35-31(28)37/h5-8,16-21,33H,3-4,9-15H2,1-2H3,(H,35,37)/t21-,32?/m0/s1. The minimum absolute atomic E-state index is 0.141. The fourth-order valence-electron chi connectivity index (χ4n) is 6.54. The van der Waals surface area contributed by atoms with Gasteiger partial charge in [-0.25, -0.2) is 0 Å². The van der Waals surface area contributed by atoms with Crippen LogP contribution in [-0.4, -0.2) is 52.8 Å². The van der Waals surface area contributed by atoms with Gasteiger partial charge in [0.15, 0.2) is 0 Å². The zero-order valence-electron chi connectivity index (χ0n) is 22.3. The topological polar surface area (TPSA) is 78.3 Å². The smallest absolute Gasteiger partial charge is 0.255 e. The van der Waals surface area contributed by atoms with Crippen LogP contribution in [0.5, 0.6) is 5.75 Å². The van der Waals surface area contributed by atoms with E-state index in [2.05, 4.69) is 47.2 Å². The maximum absolute atomic E-state index is 12.2. The number of carbonyl (C=O) groups is 1. The molecule has 3 aromatic rings. The van der Waals surface area contributed by atoms with E-state index in [1.54, 1.807) is 18.3 Å². The van der Waals surface area contributed by atoms with E-state index in [1.165, 1.54) is 43.4 Å². The van der Waals surface area contributed by atoms with E-state index in [0.29, 0.717) is 41.8 Å². The summed E-state index contributed by atoms with van der Waals surface area (Å²) >= 11 is 0. The number of hydrogen-bond donors (Lipinski definition) is 2. The fraction of sp³-hybridized carbons (Fsp3) is 0.406. The number of aromatic nitrogens is 1. The zero-order valence-corrected chi connectivity index (χ0v) is 22.3. The molecule has 2 aromatic carbocycles. The van der Waals surface area contributed by atoms with Crippen LogP contribution in [0, 0.1) is 5.41 Å². The van der Waals surface area contributed by atoms with Crippen molar-refractivity contribution in [1.82, 2.24) is 15.2 Å². The molecule has 196 valence electrons. The second-order valence-electron chi connectivity index (χ2n) is 11.3. The molecule has 6 rings (SSSR count). The van der Waals surface area contributed by atoms with Crippen LogP contribution in [-0.2, 0) is 12.8 Å². The van der Waals surface area contributed by atoms with Crippen molar-refractivity contribution in [2.75, 3.05) is 19.7 Å². The lowest BCUT2D eigenvalue weighted by molar-refractivity contribution is 0.0821. The molecule has 6 heteroatoms. The lowest BCUT2D eigenvalue weighted by Gasteiger charge is -2.41. The number of aryl methyl sites for hydroxylation is 2. The molecule has 6 nitrogen and oxygen atoms in total. The number of nitrogens with zero attached hydrogens (tertiary/aromatic N) is 2. The molecule has 1 amide bonds. The van der Waals surface area contributed by atoms with Crippen molar-refractivity contribution in [1.29, 1.82) is 5.41 Å². The van der Waals surface area contributed by atoms with Gasteiger partial charge >= 0.3 is 0 Å². The fourth-order valence-corrected chi connectivity index (χ4v) is 6.54. The Labute approximate surface area is 224 Å². The molecule has 1 aromatic heterocycles. The molecule has 2 aliphatic heterocycles. The highest BCUT2D eigenvalue weighted by Gasteiger charge is 2.38. The van der Waals surface area contributed by atoms with Crippen LogP contribution in [0.2, 0.25) is 0 Å². The van der Waals surface area contributed by atoms with Gasteiger partial charge in [-0.3, -0.25) is 20.1 Å². The molecule has 0 radical (unpaired) electrons. The van der Waals surface area contributed by atoms with Crippen LogP contribution >= 0.6 is 0 Å². The van der Waals surface area contributed by atoms with Gasteiger partial charge < -0.3 is 10.1 Å². The maximum Gasteiger partial charge on any atom is 0.255 e. The molecule has 1 unspecified atom stereocenters. The van der Waals surface area contributed by atoms with Gasteiger partial charge in [0.2, 0.25) is 0 Å².